The molecule has 1 aromatic carbocycles. The lowest BCUT2D eigenvalue weighted by molar-refractivity contribution is 0.315. The van der Waals surface area contributed by atoms with E-state index in [9.17, 15) is 0 Å². The summed E-state index contributed by atoms with van der Waals surface area (Å²) >= 11 is 0. The molecule has 1 aliphatic rings. The second kappa shape index (κ2) is 6.06. The normalized spacial score (nSPS) is 19.6. The van der Waals surface area contributed by atoms with Gasteiger partial charge in [0.25, 0.3) is 0 Å². The average molecular weight is 261 g/mol. The summed E-state index contributed by atoms with van der Waals surface area (Å²) < 4.78 is 5.23. The summed E-state index contributed by atoms with van der Waals surface area (Å²) in [4.78, 5) is 2.47. The molecule has 0 aliphatic carbocycles. The molecule has 0 aromatic heterocycles. The number of hydrogen-bond acceptors (Lipinski definition) is 3. The van der Waals surface area contributed by atoms with Gasteiger partial charge in [0.1, 0.15) is 11.6 Å². The molecule has 2 rings (SSSR count). The highest BCUT2D eigenvalue weighted by atomic mass is 16.5. The molecule has 1 aromatic rings. The predicted octanol–water partition coefficient (Wildman–Crippen LogP) is 2.21. The second-order valence-corrected chi connectivity index (χ2v) is 5.25. The van der Waals surface area contributed by atoms with Gasteiger partial charge in [-0.05, 0) is 36.6 Å². The first kappa shape index (κ1) is 13.9. The van der Waals surface area contributed by atoms with Gasteiger partial charge in [0.05, 0.1) is 12.7 Å². The Morgan fingerprint density at radius 2 is 2.32 bits per heavy atom. The summed E-state index contributed by atoms with van der Waals surface area (Å²) in [6.07, 6.45) is 2.56. The Bertz CT molecular complexity index is 459. The van der Waals surface area contributed by atoms with Crippen molar-refractivity contribution in [3.05, 3.63) is 29.3 Å². The Labute approximate surface area is 115 Å². The maximum Gasteiger partial charge on any atom is 0.129 e. The van der Waals surface area contributed by atoms with Crippen molar-refractivity contribution in [2.75, 3.05) is 20.2 Å². The molecule has 1 saturated heterocycles. The molecule has 3 N–H and O–H groups in total. The van der Waals surface area contributed by atoms with E-state index in [0.717, 1.165) is 12.5 Å². The van der Waals surface area contributed by atoms with Gasteiger partial charge >= 0.3 is 0 Å². The minimum Gasteiger partial charge on any atom is -0.496 e. The van der Waals surface area contributed by atoms with Gasteiger partial charge in [-0.3, -0.25) is 10.3 Å². The van der Waals surface area contributed by atoms with E-state index in [1.165, 1.54) is 31.5 Å². The lowest BCUT2D eigenvalue weighted by Crippen LogP contribution is -2.20. The van der Waals surface area contributed by atoms with Crippen molar-refractivity contribution in [3.63, 3.8) is 0 Å². The first-order chi connectivity index (χ1) is 9.13. The maximum atomic E-state index is 7.61. The van der Waals surface area contributed by atoms with Crippen LogP contribution in [0.15, 0.2) is 18.2 Å². The zero-order chi connectivity index (χ0) is 13.8. The van der Waals surface area contributed by atoms with Crippen LogP contribution < -0.4 is 10.5 Å². The van der Waals surface area contributed by atoms with Gasteiger partial charge in [-0.2, -0.15) is 0 Å². The number of hydrogen-bond donors (Lipinski definition) is 2. The number of methoxy groups -OCH3 is 1. The topological polar surface area (TPSA) is 62.3 Å². The van der Waals surface area contributed by atoms with Crippen LogP contribution in [0.5, 0.6) is 5.75 Å². The van der Waals surface area contributed by atoms with Crippen LogP contribution in [0.25, 0.3) is 0 Å². The second-order valence-electron chi connectivity index (χ2n) is 5.25. The Morgan fingerprint density at radius 1 is 1.53 bits per heavy atom. The molecule has 1 unspecified atom stereocenters. The van der Waals surface area contributed by atoms with E-state index in [-0.39, 0.29) is 5.84 Å². The van der Waals surface area contributed by atoms with Gasteiger partial charge in [0.15, 0.2) is 0 Å². The summed E-state index contributed by atoms with van der Waals surface area (Å²) in [5, 5.41) is 7.61. The number of nitrogen functional groups attached to an aromatic ring is 1. The maximum absolute atomic E-state index is 7.61. The van der Waals surface area contributed by atoms with E-state index in [2.05, 4.69) is 17.9 Å². The minimum absolute atomic E-state index is 0.0616. The van der Waals surface area contributed by atoms with Gasteiger partial charge in [0.2, 0.25) is 0 Å². The van der Waals surface area contributed by atoms with Crippen LogP contribution in [0.4, 0.5) is 0 Å². The van der Waals surface area contributed by atoms with Crippen LogP contribution in [0.3, 0.4) is 0 Å². The monoisotopic (exact) mass is 261 g/mol. The van der Waals surface area contributed by atoms with Crippen LogP contribution in [0, 0.1) is 11.3 Å². The molecule has 1 atom stereocenters. The summed E-state index contributed by atoms with van der Waals surface area (Å²) in [7, 11) is 1.60. The predicted molar refractivity (Wildman–Crippen MR) is 77.7 cm³/mol. The molecule has 19 heavy (non-hydrogen) atoms. The Morgan fingerprint density at radius 3 is 2.89 bits per heavy atom. The summed E-state index contributed by atoms with van der Waals surface area (Å²) in [6, 6.07) is 5.93. The van der Waals surface area contributed by atoms with E-state index in [1.807, 2.05) is 12.1 Å². The fraction of sp³-hybridized carbons (Fsp3) is 0.533. The van der Waals surface area contributed by atoms with Gasteiger partial charge in [0, 0.05) is 13.1 Å². The van der Waals surface area contributed by atoms with Crippen molar-refractivity contribution in [1.29, 1.82) is 5.41 Å². The van der Waals surface area contributed by atoms with E-state index in [0.29, 0.717) is 11.3 Å². The third kappa shape index (κ3) is 3.26. The molecule has 1 aliphatic heterocycles. The standard InChI is InChI=1S/C15H23N3O/c1-3-11-6-7-18(9-11)10-12-4-5-14(19-2)13(8-12)15(16)17/h4-5,8,11H,3,6-7,9-10H2,1-2H3,(H3,16,17). The number of nitrogens with zero attached hydrogens (tertiary/aromatic N) is 1. The van der Waals surface area contributed by atoms with E-state index < -0.39 is 0 Å². The van der Waals surface area contributed by atoms with Crippen molar-refractivity contribution >= 4 is 5.84 Å². The van der Waals surface area contributed by atoms with Crippen molar-refractivity contribution < 1.29 is 4.74 Å². The number of ether oxygens (including phenoxy) is 1. The number of nitrogens with one attached hydrogen (secondary N) is 1. The quantitative estimate of drug-likeness (QED) is 0.631. The lowest BCUT2D eigenvalue weighted by Gasteiger charge is -2.17. The molecule has 0 amide bonds. The molecule has 1 heterocycles. The van der Waals surface area contributed by atoms with Crippen molar-refractivity contribution in [2.45, 2.75) is 26.3 Å². The molecule has 0 saturated carbocycles. The molecule has 1 fully saturated rings. The van der Waals surface area contributed by atoms with Crippen molar-refractivity contribution in [1.82, 2.24) is 4.90 Å². The molecular formula is C15H23N3O. The minimum atomic E-state index is 0.0616. The molecule has 0 spiro atoms. The number of nitrogens with two attached hydrogens (primary N) is 1. The zero-order valence-corrected chi connectivity index (χ0v) is 11.8. The number of rotatable bonds is 5. The molecule has 104 valence electrons. The van der Waals surface area contributed by atoms with Crippen LogP contribution in [0.1, 0.15) is 30.9 Å². The van der Waals surface area contributed by atoms with Gasteiger partial charge < -0.3 is 10.5 Å². The van der Waals surface area contributed by atoms with Crippen LogP contribution in [-0.4, -0.2) is 30.9 Å². The van der Waals surface area contributed by atoms with Gasteiger partial charge in [-0.25, -0.2) is 0 Å². The number of likely N-dealkylation sites (tertiary alicyclic amines) is 1. The van der Waals surface area contributed by atoms with E-state index in [1.54, 1.807) is 7.11 Å². The highest BCUT2D eigenvalue weighted by molar-refractivity contribution is 5.97. The van der Waals surface area contributed by atoms with Crippen molar-refractivity contribution in [3.8, 4) is 5.75 Å². The van der Waals surface area contributed by atoms with E-state index >= 15 is 0 Å². The first-order valence-electron chi connectivity index (χ1n) is 6.87. The first-order valence-corrected chi connectivity index (χ1v) is 6.87. The number of amidine groups is 1. The lowest BCUT2D eigenvalue weighted by atomic mass is 10.1. The molecule has 4 nitrogen and oxygen atoms in total. The summed E-state index contributed by atoms with van der Waals surface area (Å²) in [5.41, 5.74) is 7.48. The SMILES string of the molecule is CCC1CCN(Cc2ccc(OC)c(C(=N)N)c2)C1. The highest BCUT2D eigenvalue weighted by Gasteiger charge is 2.21. The zero-order valence-electron chi connectivity index (χ0n) is 11.8. The van der Waals surface area contributed by atoms with Crippen molar-refractivity contribution in [2.24, 2.45) is 11.7 Å². The fourth-order valence-electron chi connectivity index (χ4n) is 2.71. The van der Waals surface area contributed by atoms with Crippen LogP contribution in [-0.2, 0) is 6.54 Å². The van der Waals surface area contributed by atoms with Gasteiger partial charge in [-0.1, -0.05) is 19.4 Å². The molecular weight excluding hydrogens is 238 g/mol. The fourth-order valence-corrected chi connectivity index (χ4v) is 2.71. The van der Waals surface area contributed by atoms with Gasteiger partial charge in [-0.15, -0.1) is 0 Å². The molecule has 0 radical (unpaired) electrons. The third-order valence-electron chi connectivity index (χ3n) is 3.91. The molecule has 0 bridgehead atoms. The third-order valence-corrected chi connectivity index (χ3v) is 3.91. The Kier molecular flexibility index (Phi) is 4.43. The van der Waals surface area contributed by atoms with Crippen LogP contribution in [0.2, 0.25) is 0 Å². The average Bonchev–Trinajstić information content (AvgIpc) is 2.86. The number of benzene rings is 1. The summed E-state index contributed by atoms with van der Waals surface area (Å²) in [5.74, 6) is 1.57. The van der Waals surface area contributed by atoms with E-state index in [4.69, 9.17) is 15.9 Å². The summed E-state index contributed by atoms with van der Waals surface area (Å²) in [6.45, 7) is 5.54. The smallest absolute Gasteiger partial charge is 0.129 e. The van der Waals surface area contributed by atoms with Crippen LogP contribution >= 0.6 is 0 Å². The Hall–Kier alpha value is -1.55. The Balaban J connectivity index is 2.09. The highest BCUT2D eigenvalue weighted by Crippen LogP contribution is 2.24. The molecule has 4 heteroatoms. The largest absolute Gasteiger partial charge is 0.496 e.